The lowest BCUT2D eigenvalue weighted by atomic mass is 9.92. The summed E-state index contributed by atoms with van der Waals surface area (Å²) in [5, 5.41) is 0. The van der Waals surface area contributed by atoms with E-state index >= 15 is 0 Å². The zero-order valence-electron chi connectivity index (χ0n) is 10.2. The predicted octanol–water partition coefficient (Wildman–Crippen LogP) is 1.95. The van der Waals surface area contributed by atoms with Crippen LogP contribution in [0.3, 0.4) is 0 Å². The molecule has 1 aliphatic heterocycles. The molecule has 0 bridgehead atoms. The zero-order chi connectivity index (χ0) is 11.5. The van der Waals surface area contributed by atoms with E-state index in [-0.39, 0.29) is 0 Å². The fourth-order valence-corrected chi connectivity index (χ4v) is 2.47. The van der Waals surface area contributed by atoms with E-state index in [0.717, 1.165) is 30.5 Å². The Labute approximate surface area is 97.7 Å². The van der Waals surface area contributed by atoms with Crippen molar-refractivity contribution in [1.29, 1.82) is 0 Å². The van der Waals surface area contributed by atoms with Gasteiger partial charge < -0.3 is 10.6 Å². The van der Waals surface area contributed by atoms with Crippen molar-refractivity contribution in [3.05, 3.63) is 23.9 Å². The number of hydrogen-bond acceptors (Lipinski definition) is 3. The zero-order valence-corrected chi connectivity index (χ0v) is 10.2. The predicted molar refractivity (Wildman–Crippen MR) is 67.6 cm³/mol. The molecule has 0 amide bonds. The van der Waals surface area contributed by atoms with Gasteiger partial charge >= 0.3 is 0 Å². The molecule has 88 valence electrons. The third kappa shape index (κ3) is 2.35. The summed E-state index contributed by atoms with van der Waals surface area (Å²) in [5.74, 6) is 1.87. The number of aryl methyl sites for hydroxylation is 1. The van der Waals surface area contributed by atoms with Gasteiger partial charge in [-0.1, -0.05) is 13.0 Å². The van der Waals surface area contributed by atoms with Crippen LogP contribution in [0, 0.1) is 12.8 Å². The monoisotopic (exact) mass is 219 g/mol. The third-order valence-corrected chi connectivity index (χ3v) is 3.42. The first-order valence-electron chi connectivity index (χ1n) is 6.11. The van der Waals surface area contributed by atoms with Crippen LogP contribution < -0.4 is 10.6 Å². The molecule has 0 aliphatic carbocycles. The van der Waals surface area contributed by atoms with Crippen LogP contribution in [0.2, 0.25) is 0 Å². The van der Waals surface area contributed by atoms with E-state index in [4.69, 9.17) is 5.73 Å². The number of anilines is 1. The minimum absolute atomic E-state index is 0.457. The van der Waals surface area contributed by atoms with E-state index in [9.17, 15) is 0 Å². The molecule has 1 aromatic rings. The first kappa shape index (κ1) is 11.4. The second-order valence-corrected chi connectivity index (χ2v) is 4.85. The Morgan fingerprint density at radius 1 is 1.50 bits per heavy atom. The maximum atomic E-state index is 5.86. The molecular formula is C13H21N3. The van der Waals surface area contributed by atoms with Crippen molar-refractivity contribution in [2.45, 2.75) is 32.7 Å². The van der Waals surface area contributed by atoms with Crippen LogP contribution in [0.1, 0.15) is 25.5 Å². The van der Waals surface area contributed by atoms with Crippen molar-refractivity contribution < 1.29 is 0 Å². The highest BCUT2D eigenvalue weighted by atomic mass is 15.2. The molecule has 0 aromatic carbocycles. The van der Waals surface area contributed by atoms with Crippen molar-refractivity contribution in [3.8, 4) is 0 Å². The van der Waals surface area contributed by atoms with Gasteiger partial charge in [-0.15, -0.1) is 0 Å². The Morgan fingerprint density at radius 2 is 2.31 bits per heavy atom. The van der Waals surface area contributed by atoms with Gasteiger partial charge in [-0.25, -0.2) is 4.98 Å². The van der Waals surface area contributed by atoms with Crippen LogP contribution in [0.15, 0.2) is 18.2 Å². The number of aromatic nitrogens is 1. The fraction of sp³-hybridized carbons (Fsp3) is 0.615. The maximum Gasteiger partial charge on any atom is 0.129 e. The van der Waals surface area contributed by atoms with Crippen molar-refractivity contribution in [2.75, 3.05) is 18.0 Å². The number of piperidine rings is 1. The van der Waals surface area contributed by atoms with Crippen LogP contribution in [0.4, 0.5) is 5.82 Å². The van der Waals surface area contributed by atoms with Crippen molar-refractivity contribution in [1.82, 2.24) is 4.98 Å². The van der Waals surface area contributed by atoms with Gasteiger partial charge in [-0.05, 0) is 37.8 Å². The van der Waals surface area contributed by atoms with Crippen LogP contribution in [0.5, 0.6) is 0 Å². The SMILES string of the molecule is Cc1cccc(N2CCC(C)CC2CN)n1. The van der Waals surface area contributed by atoms with E-state index in [1.807, 2.05) is 13.0 Å². The summed E-state index contributed by atoms with van der Waals surface area (Å²) in [5.41, 5.74) is 6.94. The summed E-state index contributed by atoms with van der Waals surface area (Å²) in [4.78, 5) is 6.96. The van der Waals surface area contributed by atoms with Crippen molar-refractivity contribution in [3.63, 3.8) is 0 Å². The molecule has 1 fully saturated rings. The molecule has 2 heterocycles. The topological polar surface area (TPSA) is 42.1 Å². The van der Waals surface area contributed by atoms with E-state index < -0.39 is 0 Å². The molecule has 2 N–H and O–H groups in total. The molecular weight excluding hydrogens is 198 g/mol. The average molecular weight is 219 g/mol. The Kier molecular flexibility index (Phi) is 3.44. The maximum absolute atomic E-state index is 5.86. The molecule has 1 aromatic heterocycles. The Hall–Kier alpha value is -1.09. The summed E-state index contributed by atoms with van der Waals surface area (Å²) in [6, 6.07) is 6.65. The molecule has 16 heavy (non-hydrogen) atoms. The molecule has 0 spiro atoms. The second kappa shape index (κ2) is 4.83. The number of pyridine rings is 1. The first-order chi connectivity index (χ1) is 7.70. The number of rotatable bonds is 2. The number of nitrogens with zero attached hydrogens (tertiary/aromatic N) is 2. The van der Waals surface area contributed by atoms with Gasteiger partial charge in [0.1, 0.15) is 5.82 Å². The van der Waals surface area contributed by atoms with Gasteiger partial charge in [0, 0.05) is 24.8 Å². The normalized spacial score (nSPS) is 25.8. The van der Waals surface area contributed by atoms with E-state index in [2.05, 4.69) is 28.9 Å². The van der Waals surface area contributed by atoms with Crippen LogP contribution >= 0.6 is 0 Å². The third-order valence-electron chi connectivity index (χ3n) is 3.42. The number of hydrogen-bond donors (Lipinski definition) is 1. The Bertz CT molecular complexity index is 351. The molecule has 2 unspecified atom stereocenters. The molecule has 3 heteroatoms. The first-order valence-corrected chi connectivity index (χ1v) is 6.11. The lowest BCUT2D eigenvalue weighted by Gasteiger charge is -2.38. The van der Waals surface area contributed by atoms with E-state index in [1.54, 1.807) is 0 Å². The highest BCUT2D eigenvalue weighted by Gasteiger charge is 2.25. The van der Waals surface area contributed by atoms with Crippen LogP contribution in [0.25, 0.3) is 0 Å². The minimum Gasteiger partial charge on any atom is -0.352 e. The molecule has 2 atom stereocenters. The van der Waals surface area contributed by atoms with E-state index in [1.165, 1.54) is 12.8 Å². The largest absolute Gasteiger partial charge is 0.352 e. The quantitative estimate of drug-likeness (QED) is 0.826. The summed E-state index contributed by atoms with van der Waals surface area (Å²) in [7, 11) is 0. The number of nitrogens with two attached hydrogens (primary N) is 1. The summed E-state index contributed by atoms with van der Waals surface area (Å²) in [6.45, 7) is 6.15. The Morgan fingerprint density at radius 3 is 3.00 bits per heavy atom. The molecule has 1 saturated heterocycles. The standard InChI is InChI=1S/C13H21N3/c1-10-6-7-16(12(8-10)9-14)13-5-3-4-11(2)15-13/h3-5,10,12H,6-9,14H2,1-2H3. The van der Waals surface area contributed by atoms with Gasteiger partial charge in [0.2, 0.25) is 0 Å². The van der Waals surface area contributed by atoms with Crippen LogP contribution in [-0.2, 0) is 0 Å². The van der Waals surface area contributed by atoms with Gasteiger partial charge in [-0.2, -0.15) is 0 Å². The van der Waals surface area contributed by atoms with E-state index in [0.29, 0.717) is 6.04 Å². The smallest absolute Gasteiger partial charge is 0.129 e. The highest BCUT2D eigenvalue weighted by molar-refractivity contribution is 5.41. The lowest BCUT2D eigenvalue weighted by molar-refractivity contribution is 0.365. The molecule has 3 nitrogen and oxygen atoms in total. The molecule has 0 radical (unpaired) electrons. The van der Waals surface area contributed by atoms with Gasteiger partial charge in [0.05, 0.1) is 0 Å². The highest BCUT2D eigenvalue weighted by Crippen LogP contribution is 2.26. The van der Waals surface area contributed by atoms with Crippen LogP contribution in [-0.4, -0.2) is 24.1 Å². The summed E-state index contributed by atoms with van der Waals surface area (Å²) < 4.78 is 0. The minimum atomic E-state index is 0.457. The van der Waals surface area contributed by atoms with Gasteiger partial charge in [0.15, 0.2) is 0 Å². The van der Waals surface area contributed by atoms with Gasteiger partial charge in [-0.3, -0.25) is 0 Å². The Balaban J connectivity index is 2.19. The summed E-state index contributed by atoms with van der Waals surface area (Å²) in [6.07, 6.45) is 2.43. The lowest BCUT2D eigenvalue weighted by Crippen LogP contribution is -2.46. The molecule has 2 rings (SSSR count). The summed E-state index contributed by atoms with van der Waals surface area (Å²) >= 11 is 0. The molecule has 1 aliphatic rings. The second-order valence-electron chi connectivity index (χ2n) is 4.85. The van der Waals surface area contributed by atoms with Crippen molar-refractivity contribution in [2.24, 2.45) is 11.7 Å². The fourth-order valence-electron chi connectivity index (χ4n) is 2.47. The van der Waals surface area contributed by atoms with Crippen molar-refractivity contribution >= 4 is 5.82 Å². The molecule has 0 saturated carbocycles. The average Bonchev–Trinajstić information content (AvgIpc) is 2.28. The van der Waals surface area contributed by atoms with Gasteiger partial charge in [0.25, 0.3) is 0 Å².